The number of benzene rings is 3. The summed E-state index contributed by atoms with van der Waals surface area (Å²) < 4.78 is 42.2. The number of anilines is 3. The highest BCUT2D eigenvalue weighted by Crippen LogP contribution is 2.38. The van der Waals surface area contributed by atoms with E-state index in [2.05, 4.69) is 53.9 Å². The van der Waals surface area contributed by atoms with Gasteiger partial charge in [-0.2, -0.15) is 5.10 Å². The summed E-state index contributed by atoms with van der Waals surface area (Å²) in [5.41, 5.74) is 5.31. The van der Waals surface area contributed by atoms with Gasteiger partial charge in [-0.15, -0.1) is 0 Å². The Balaban J connectivity index is 1.38. The number of nitrogens with zero attached hydrogens (tertiary/aromatic N) is 5. The molecule has 1 aliphatic heterocycles. The standard InChI is InChI=1S/C36H42F2N6O2Si/c1-42-13-15-43(16-14-42)29-9-10-32(34(23-29)45-2)40-36-30(7-6-12-39-36)35-31-21-25(26-19-27(37)22-28(38)20-26)8-11-33(31)44(41-35)24-46-17-18-47(3,4)5/h6-12,19-23H,13-18,24H2,1-5H3,(H,39,40). The molecule has 0 aliphatic carbocycles. The molecule has 3 aromatic carbocycles. The van der Waals surface area contributed by atoms with Crippen molar-refractivity contribution in [2.45, 2.75) is 32.4 Å². The van der Waals surface area contributed by atoms with Crippen molar-refractivity contribution < 1.29 is 18.3 Å². The van der Waals surface area contributed by atoms with Crippen molar-refractivity contribution in [3.8, 4) is 28.1 Å². The van der Waals surface area contributed by atoms with E-state index in [1.54, 1.807) is 13.3 Å². The molecule has 0 amide bonds. The van der Waals surface area contributed by atoms with Crippen molar-refractivity contribution in [3.05, 3.63) is 84.6 Å². The second-order valence-electron chi connectivity index (χ2n) is 13.3. The average Bonchev–Trinajstić information content (AvgIpc) is 3.40. The van der Waals surface area contributed by atoms with E-state index in [0.717, 1.165) is 66.1 Å². The summed E-state index contributed by atoms with van der Waals surface area (Å²) in [7, 11) is 2.55. The van der Waals surface area contributed by atoms with Crippen molar-refractivity contribution in [1.29, 1.82) is 0 Å². The van der Waals surface area contributed by atoms with E-state index in [-0.39, 0.29) is 6.73 Å². The van der Waals surface area contributed by atoms with Crippen molar-refractivity contribution in [1.82, 2.24) is 19.7 Å². The van der Waals surface area contributed by atoms with Gasteiger partial charge in [0.05, 0.1) is 18.3 Å². The summed E-state index contributed by atoms with van der Waals surface area (Å²) in [4.78, 5) is 9.41. The average molecular weight is 657 g/mol. The molecular formula is C36H42F2N6O2Si. The van der Waals surface area contributed by atoms with Crippen molar-refractivity contribution in [2.24, 2.45) is 0 Å². The molecule has 1 saturated heterocycles. The highest BCUT2D eigenvalue weighted by Gasteiger charge is 2.20. The molecule has 0 radical (unpaired) electrons. The fourth-order valence-corrected chi connectivity index (χ4v) is 6.53. The predicted octanol–water partition coefficient (Wildman–Crippen LogP) is 7.86. The summed E-state index contributed by atoms with van der Waals surface area (Å²) in [6, 6.07) is 20.3. The first-order chi connectivity index (χ1) is 22.6. The molecule has 0 bridgehead atoms. The van der Waals surface area contributed by atoms with Gasteiger partial charge in [0.25, 0.3) is 0 Å². The van der Waals surface area contributed by atoms with Gasteiger partial charge in [-0.1, -0.05) is 25.7 Å². The van der Waals surface area contributed by atoms with E-state index in [0.29, 0.717) is 35.0 Å². The van der Waals surface area contributed by atoms with Crippen LogP contribution in [-0.4, -0.2) is 74.7 Å². The summed E-state index contributed by atoms with van der Waals surface area (Å²) >= 11 is 0. The van der Waals surface area contributed by atoms with E-state index < -0.39 is 19.7 Å². The molecule has 6 rings (SSSR count). The number of aromatic nitrogens is 3. The van der Waals surface area contributed by atoms with Crippen LogP contribution in [0.2, 0.25) is 25.7 Å². The predicted molar refractivity (Wildman–Crippen MR) is 188 cm³/mol. The van der Waals surface area contributed by atoms with Gasteiger partial charge in [0, 0.05) is 75.8 Å². The Bertz CT molecular complexity index is 1850. The number of piperazine rings is 1. The third-order valence-corrected chi connectivity index (χ3v) is 10.2. The van der Waals surface area contributed by atoms with Gasteiger partial charge in [0.2, 0.25) is 0 Å². The van der Waals surface area contributed by atoms with Crippen LogP contribution in [-0.2, 0) is 11.5 Å². The Kier molecular flexibility index (Phi) is 9.58. The van der Waals surface area contributed by atoms with Crippen LogP contribution in [0.15, 0.2) is 72.9 Å². The zero-order valence-electron chi connectivity index (χ0n) is 27.7. The Morgan fingerprint density at radius 1 is 0.894 bits per heavy atom. The van der Waals surface area contributed by atoms with Crippen LogP contribution in [0.5, 0.6) is 5.75 Å². The van der Waals surface area contributed by atoms with E-state index in [4.69, 9.17) is 19.6 Å². The molecule has 1 aliphatic rings. The van der Waals surface area contributed by atoms with Gasteiger partial charge < -0.3 is 24.6 Å². The summed E-state index contributed by atoms with van der Waals surface area (Å²) in [5.74, 6) is 0.0579. The number of pyridine rings is 1. The molecule has 8 nitrogen and oxygen atoms in total. The third-order valence-electron chi connectivity index (χ3n) is 8.53. The molecule has 0 spiro atoms. The molecule has 0 atom stereocenters. The van der Waals surface area contributed by atoms with Crippen molar-refractivity contribution in [3.63, 3.8) is 0 Å². The van der Waals surface area contributed by atoms with Crippen molar-refractivity contribution in [2.75, 3.05) is 57.2 Å². The molecule has 0 unspecified atom stereocenters. The lowest BCUT2D eigenvalue weighted by molar-refractivity contribution is 0.0818. The Morgan fingerprint density at radius 2 is 1.66 bits per heavy atom. The number of ether oxygens (including phenoxy) is 2. The van der Waals surface area contributed by atoms with E-state index in [1.165, 1.54) is 12.1 Å². The second-order valence-corrected chi connectivity index (χ2v) is 18.9. The first-order valence-corrected chi connectivity index (χ1v) is 19.7. The van der Waals surface area contributed by atoms with E-state index >= 15 is 0 Å². The smallest absolute Gasteiger partial charge is 0.144 e. The largest absolute Gasteiger partial charge is 0.494 e. The lowest BCUT2D eigenvalue weighted by Gasteiger charge is -2.34. The highest BCUT2D eigenvalue weighted by molar-refractivity contribution is 6.76. The highest BCUT2D eigenvalue weighted by atomic mass is 28.3. The number of fused-ring (bicyclic) bond motifs is 1. The Labute approximate surface area is 275 Å². The Morgan fingerprint density at radius 3 is 2.38 bits per heavy atom. The molecule has 47 heavy (non-hydrogen) atoms. The number of hydrogen-bond acceptors (Lipinski definition) is 7. The van der Waals surface area contributed by atoms with Crippen LogP contribution < -0.4 is 15.0 Å². The van der Waals surface area contributed by atoms with Gasteiger partial charge in [0.1, 0.15) is 35.6 Å². The van der Waals surface area contributed by atoms with Gasteiger partial charge in [-0.3, -0.25) is 0 Å². The topological polar surface area (TPSA) is 67.7 Å². The normalized spacial score (nSPS) is 14.1. The fourth-order valence-electron chi connectivity index (χ4n) is 5.77. The summed E-state index contributed by atoms with van der Waals surface area (Å²) in [6.45, 7) is 11.8. The molecule has 3 heterocycles. The molecule has 246 valence electrons. The van der Waals surface area contributed by atoms with Crippen LogP contribution >= 0.6 is 0 Å². The van der Waals surface area contributed by atoms with Gasteiger partial charge >= 0.3 is 0 Å². The maximum absolute atomic E-state index is 14.2. The molecule has 1 fully saturated rings. The molecule has 2 aromatic heterocycles. The van der Waals surface area contributed by atoms with Crippen LogP contribution in [0.4, 0.5) is 26.0 Å². The zero-order valence-corrected chi connectivity index (χ0v) is 28.7. The fraction of sp³-hybridized carbons (Fsp3) is 0.333. The minimum absolute atomic E-state index is 0.277. The number of nitrogens with one attached hydrogen (secondary N) is 1. The van der Waals surface area contributed by atoms with Gasteiger partial charge in [0.15, 0.2) is 0 Å². The number of likely N-dealkylation sites (N-methyl/N-ethyl adjacent to an activating group) is 1. The van der Waals surface area contributed by atoms with Crippen LogP contribution in [0.25, 0.3) is 33.3 Å². The summed E-state index contributed by atoms with van der Waals surface area (Å²) in [6.07, 6.45) is 1.73. The maximum Gasteiger partial charge on any atom is 0.144 e. The lowest BCUT2D eigenvalue weighted by atomic mass is 10.0. The van der Waals surface area contributed by atoms with E-state index in [1.807, 2.05) is 41.1 Å². The van der Waals surface area contributed by atoms with Gasteiger partial charge in [-0.25, -0.2) is 18.4 Å². The quantitative estimate of drug-likeness (QED) is 0.115. The molecule has 5 aromatic rings. The molecule has 0 saturated carbocycles. The molecule has 1 N–H and O–H groups in total. The number of hydrogen-bond donors (Lipinski definition) is 1. The molecule has 11 heteroatoms. The van der Waals surface area contributed by atoms with Crippen molar-refractivity contribution >= 4 is 36.2 Å². The van der Waals surface area contributed by atoms with Gasteiger partial charge in [-0.05, 0) is 72.7 Å². The number of rotatable bonds is 11. The second kappa shape index (κ2) is 13.8. The number of halogens is 2. The first kappa shape index (κ1) is 32.6. The minimum atomic E-state index is -1.27. The molecular weight excluding hydrogens is 615 g/mol. The van der Waals surface area contributed by atoms with Crippen LogP contribution in [0.1, 0.15) is 0 Å². The maximum atomic E-state index is 14.2. The number of methoxy groups -OCH3 is 1. The minimum Gasteiger partial charge on any atom is -0.494 e. The van der Waals surface area contributed by atoms with E-state index in [9.17, 15) is 8.78 Å². The summed E-state index contributed by atoms with van der Waals surface area (Å²) in [5, 5.41) is 9.33. The first-order valence-electron chi connectivity index (χ1n) is 16.0. The Hall–Kier alpha value is -4.32. The van der Waals surface area contributed by atoms with Crippen LogP contribution in [0.3, 0.4) is 0 Å². The zero-order chi connectivity index (χ0) is 33.1. The lowest BCUT2D eigenvalue weighted by Crippen LogP contribution is -2.44. The monoisotopic (exact) mass is 656 g/mol. The van der Waals surface area contributed by atoms with Crippen LogP contribution in [0, 0.1) is 11.6 Å². The SMILES string of the molecule is COc1cc(N2CCN(C)CC2)ccc1Nc1ncccc1-c1nn(COCC[Si](C)(C)C)c2ccc(-c3cc(F)cc(F)c3)cc12. The third kappa shape index (κ3) is 7.64.